The first kappa shape index (κ1) is 10.9. The van der Waals surface area contributed by atoms with Crippen molar-refractivity contribution in [3.05, 3.63) is 33.4 Å². The average Bonchev–Trinajstić information content (AvgIpc) is 2.16. The number of carbonyl (C=O) groups excluding carboxylic acids is 1. The van der Waals surface area contributed by atoms with Gasteiger partial charge in [-0.2, -0.15) is 0 Å². The molecule has 0 saturated carbocycles. The third-order valence-corrected chi connectivity index (χ3v) is 3.48. The molecule has 1 fully saturated rings. The predicted octanol–water partition coefficient (Wildman–Crippen LogP) is 1.24. The molecule has 80 valence electrons. The summed E-state index contributed by atoms with van der Waals surface area (Å²) in [6, 6.07) is 7.63. The average molecular weight is 316 g/mol. The number of hydrogen-bond donors (Lipinski definition) is 2. The van der Waals surface area contributed by atoms with Crippen LogP contribution in [0, 0.1) is 9.49 Å². The van der Waals surface area contributed by atoms with Crippen molar-refractivity contribution < 1.29 is 4.79 Å². The van der Waals surface area contributed by atoms with Gasteiger partial charge in [0.15, 0.2) is 0 Å². The molecule has 3 nitrogen and oxygen atoms in total. The van der Waals surface area contributed by atoms with E-state index in [2.05, 4.69) is 33.2 Å². The summed E-state index contributed by atoms with van der Waals surface area (Å²) in [5.41, 5.74) is 0.769. The highest BCUT2D eigenvalue weighted by Gasteiger charge is 2.18. The first-order valence-electron chi connectivity index (χ1n) is 5.01. The largest absolute Gasteiger partial charge is 0.352 e. The molecule has 1 aliphatic rings. The van der Waals surface area contributed by atoms with Gasteiger partial charge in [0, 0.05) is 29.1 Å². The fourth-order valence-corrected chi connectivity index (χ4v) is 2.10. The van der Waals surface area contributed by atoms with Crippen molar-refractivity contribution in [2.24, 2.45) is 5.92 Å². The van der Waals surface area contributed by atoms with Crippen molar-refractivity contribution >= 4 is 28.5 Å². The molecule has 1 aliphatic heterocycles. The van der Waals surface area contributed by atoms with E-state index in [1.54, 1.807) is 0 Å². The van der Waals surface area contributed by atoms with Crippen molar-refractivity contribution in [1.29, 1.82) is 0 Å². The zero-order chi connectivity index (χ0) is 10.7. The van der Waals surface area contributed by atoms with Crippen LogP contribution in [0.4, 0.5) is 0 Å². The molecule has 2 rings (SSSR count). The smallest absolute Gasteiger partial charge is 0.252 e. The van der Waals surface area contributed by atoms with Crippen LogP contribution in [0.25, 0.3) is 0 Å². The van der Waals surface area contributed by atoms with Gasteiger partial charge in [0.05, 0.1) is 5.56 Å². The molecule has 1 heterocycles. The molecule has 1 aromatic rings. The zero-order valence-corrected chi connectivity index (χ0v) is 10.5. The van der Waals surface area contributed by atoms with Crippen LogP contribution in [-0.2, 0) is 0 Å². The molecule has 4 heteroatoms. The quantitative estimate of drug-likeness (QED) is 0.824. The van der Waals surface area contributed by atoms with E-state index in [9.17, 15) is 4.79 Å². The molecule has 1 saturated heterocycles. The standard InChI is InChI=1S/C11H13IN2O/c12-10-4-2-1-3-9(10)11(15)14-7-8-5-13-6-8/h1-4,8,13H,5-7H2,(H,14,15). The van der Waals surface area contributed by atoms with Crippen molar-refractivity contribution in [1.82, 2.24) is 10.6 Å². The maximum absolute atomic E-state index is 11.8. The Bertz CT molecular complexity index is 363. The van der Waals surface area contributed by atoms with Crippen LogP contribution in [0.2, 0.25) is 0 Å². The third-order valence-electron chi connectivity index (χ3n) is 2.54. The fraction of sp³-hybridized carbons (Fsp3) is 0.364. The number of rotatable bonds is 3. The molecule has 1 amide bonds. The van der Waals surface area contributed by atoms with Gasteiger partial charge >= 0.3 is 0 Å². The van der Waals surface area contributed by atoms with Gasteiger partial charge in [-0.15, -0.1) is 0 Å². The molecule has 0 bridgehead atoms. The molecular formula is C11H13IN2O. The predicted molar refractivity (Wildman–Crippen MR) is 67.9 cm³/mol. The van der Waals surface area contributed by atoms with E-state index < -0.39 is 0 Å². The lowest BCUT2D eigenvalue weighted by Crippen LogP contribution is -2.48. The Morgan fingerprint density at radius 3 is 2.80 bits per heavy atom. The van der Waals surface area contributed by atoms with Crippen LogP contribution in [0.3, 0.4) is 0 Å². The molecule has 2 N–H and O–H groups in total. The lowest BCUT2D eigenvalue weighted by Gasteiger charge is -2.27. The molecule has 0 aliphatic carbocycles. The maximum atomic E-state index is 11.8. The van der Waals surface area contributed by atoms with Crippen LogP contribution < -0.4 is 10.6 Å². The first-order valence-corrected chi connectivity index (χ1v) is 6.08. The highest BCUT2D eigenvalue weighted by Crippen LogP contribution is 2.11. The van der Waals surface area contributed by atoms with E-state index in [1.807, 2.05) is 24.3 Å². The molecule has 1 aromatic carbocycles. The van der Waals surface area contributed by atoms with Crippen molar-refractivity contribution in [3.8, 4) is 0 Å². The number of amides is 1. The van der Waals surface area contributed by atoms with Crippen LogP contribution in [0.5, 0.6) is 0 Å². The Morgan fingerprint density at radius 1 is 1.47 bits per heavy atom. The highest BCUT2D eigenvalue weighted by atomic mass is 127. The lowest BCUT2D eigenvalue weighted by atomic mass is 10.0. The molecule has 0 radical (unpaired) electrons. The maximum Gasteiger partial charge on any atom is 0.252 e. The number of carbonyl (C=O) groups is 1. The molecule has 0 spiro atoms. The van der Waals surface area contributed by atoms with Crippen molar-refractivity contribution in [2.45, 2.75) is 0 Å². The number of nitrogens with one attached hydrogen (secondary N) is 2. The van der Waals surface area contributed by atoms with Gasteiger partial charge in [-0.25, -0.2) is 0 Å². The van der Waals surface area contributed by atoms with E-state index >= 15 is 0 Å². The molecular weight excluding hydrogens is 303 g/mol. The topological polar surface area (TPSA) is 41.1 Å². The lowest BCUT2D eigenvalue weighted by molar-refractivity contribution is 0.0941. The summed E-state index contributed by atoms with van der Waals surface area (Å²) in [6.45, 7) is 2.81. The van der Waals surface area contributed by atoms with E-state index in [0.29, 0.717) is 5.92 Å². The number of halogens is 1. The van der Waals surface area contributed by atoms with Gasteiger partial charge in [0.1, 0.15) is 0 Å². The number of benzene rings is 1. The van der Waals surface area contributed by atoms with Crippen LogP contribution in [0.15, 0.2) is 24.3 Å². The molecule has 0 unspecified atom stereocenters. The van der Waals surface area contributed by atoms with E-state index in [0.717, 1.165) is 28.8 Å². The third kappa shape index (κ3) is 2.69. The minimum atomic E-state index is 0.0342. The van der Waals surface area contributed by atoms with Gasteiger partial charge < -0.3 is 10.6 Å². The molecule has 15 heavy (non-hydrogen) atoms. The molecule has 0 aromatic heterocycles. The summed E-state index contributed by atoms with van der Waals surface area (Å²) in [4.78, 5) is 11.8. The van der Waals surface area contributed by atoms with Crippen LogP contribution in [-0.4, -0.2) is 25.5 Å². The van der Waals surface area contributed by atoms with Crippen LogP contribution >= 0.6 is 22.6 Å². The SMILES string of the molecule is O=C(NCC1CNC1)c1ccccc1I. The van der Waals surface area contributed by atoms with E-state index in [1.165, 1.54) is 0 Å². The summed E-state index contributed by atoms with van der Waals surface area (Å²) in [5.74, 6) is 0.641. The van der Waals surface area contributed by atoms with Gasteiger partial charge in [-0.05, 0) is 34.7 Å². The summed E-state index contributed by atoms with van der Waals surface area (Å²) in [7, 11) is 0. The summed E-state index contributed by atoms with van der Waals surface area (Å²) >= 11 is 2.18. The summed E-state index contributed by atoms with van der Waals surface area (Å²) < 4.78 is 0.999. The Balaban J connectivity index is 1.92. The Kier molecular flexibility index (Phi) is 3.58. The minimum Gasteiger partial charge on any atom is -0.352 e. The second-order valence-electron chi connectivity index (χ2n) is 3.71. The van der Waals surface area contributed by atoms with Gasteiger partial charge in [-0.1, -0.05) is 12.1 Å². The van der Waals surface area contributed by atoms with Crippen molar-refractivity contribution in [3.63, 3.8) is 0 Å². The monoisotopic (exact) mass is 316 g/mol. The number of hydrogen-bond acceptors (Lipinski definition) is 2. The van der Waals surface area contributed by atoms with E-state index in [4.69, 9.17) is 0 Å². The van der Waals surface area contributed by atoms with Crippen LogP contribution in [0.1, 0.15) is 10.4 Å². The second kappa shape index (κ2) is 4.94. The Morgan fingerprint density at radius 2 is 2.20 bits per heavy atom. The second-order valence-corrected chi connectivity index (χ2v) is 4.88. The van der Waals surface area contributed by atoms with Crippen molar-refractivity contribution in [2.75, 3.05) is 19.6 Å². The first-order chi connectivity index (χ1) is 7.27. The Labute approximate surface area is 103 Å². The minimum absolute atomic E-state index is 0.0342. The fourth-order valence-electron chi connectivity index (χ4n) is 1.47. The van der Waals surface area contributed by atoms with Gasteiger partial charge in [-0.3, -0.25) is 4.79 Å². The Hall–Kier alpha value is -0.620. The zero-order valence-electron chi connectivity index (χ0n) is 8.29. The highest BCUT2D eigenvalue weighted by molar-refractivity contribution is 14.1. The van der Waals surface area contributed by atoms with Gasteiger partial charge in [0.25, 0.3) is 5.91 Å². The molecule has 0 atom stereocenters. The van der Waals surface area contributed by atoms with E-state index in [-0.39, 0.29) is 5.91 Å². The van der Waals surface area contributed by atoms with Gasteiger partial charge in [0.2, 0.25) is 0 Å². The normalized spacial score (nSPS) is 15.8. The summed E-state index contributed by atoms with van der Waals surface area (Å²) in [6.07, 6.45) is 0. The summed E-state index contributed by atoms with van der Waals surface area (Å²) in [5, 5.41) is 6.14.